The molecule has 0 saturated heterocycles. The summed E-state index contributed by atoms with van der Waals surface area (Å²) < 4.78 is 0. The van der Waals surface area contributed by atoms with Crippen molar-refractivity contribution >= 4 is 0 Å². The minimum Gasteiger partial charge on any atom is -0.393 e. The van der Waals surface area contributed by atoms with Gasteiger partial charge in [0.2, 0.25) is 0 Å². The minimum absolute atomic E-state index is 0.260. The van der Waals surface area contributed by atoms with Gasteiger partial charge < -0.3 is 10.2 Å². The lowest BCUT2D eigenvalue weighted by molar-refractivity contribution is 0.00114. The zero-order valence-electron chi connectivity index (χ0n) is 10.1. The van der Waals surface area contributed by atoms with Gasteiger partial charge in [-0.25, -0.2) is 0 Å². The molecule has 0 aliphatic carbocycles. The molecule has 2 heteroatoms. The molecule has 0 aromatic rings. The molecule has 0 saturated carbocycles. The van der Waals surface area contributed by atoms with Crippen molar-refractivity contribution in [2.24, 2.45) is 5.92 Å². The molecule has 0 fully saturated rings. The van der Waals surface area contributed by atoms with Crippen LogP contribution in [0.25, 0.3) is 0 Å². The van der Waals surface area contributed by atoms with Crippen molar-refractivity contribution in [2.75, 3.05) is 0 Å². The summed E-state index contributed by atoms with van der Waals surface area (Å²) >= 11 is 0. The summed E-state index contributed by atoms with van der Waals surface area (Å²) in [5, 5.41) is 19.8. The summed E-state index contributed by atoms with van der Waals surface area (Å²) in [6.07, 6.45) is 3.72. The molecule has 2 unspecified atom stereocenters. The number of aliphatic hydroxyl groups excluding tert-OH is 1. The highest BCUT2D eigenvalue weighted by Crippen LogP contribution is 2.24. The Morgan fingerprint density at radius 1 is 1.14 bits per heavy atom. The van der Waals surface area contributed by atoms with E-state index in [1.165, 1.54) is 0 Å². The molecule has 0 rings (SSSR count). The molecule has 14 heavy (non-hydrogen) atoms. The van der Waals surface area contributed by atoms with E-state index in [4.69, 9.17) is 0 Å². The Balaban J connectivity index is 3.91. The molecule has 0 bridgehead atoms. The van der Waals surface area contributed by atoms with Crippen LogP contribution in [0.3, 0.4) is 0 Å². The van der Waals surface area contributed by atoms with Gasteiger partial charge in [0.25, 0.3) is 0 Å². The zero-order valence-corrected chi connectivity index (χ0v) is 10.1. The van der Waals surface area contributed by atoms with Crippen LogP contribution in [0.1, 0.15) is 59.8 Å². The molecule has 86 valence electrons. The Morgan fingerprint density at radius 3 is 2.00 bits per heavy atom. The number of aliphatic hydroxyl groups is 2. The summed E-state index contributed by atoms with van der Waals surface area (Å²) in [5.74, 6) is 0.341. The van der Waals surface area contributed by atoms with Crippen molar-refractivity contribution in [2.45, 2.75) is 71.5 Å². The maximum absolute atomic E-state index is 10.0. The van der Waals surface area contributed by atoms with Crippen molar-refractivity contribution in [1.82, 2.24) is 0 Å². The number of hydrogen-bond acceptors (Lipinski definition) is 2. The largest absolute Gasteiger partial charge is 0.393 e. The first-order valence-corrected chi connectivity index (χ1v) is 5.89. The van der Waals surface area contributed by atoms with Crippen molar-refractivity contribution in [3.8, 4) is 0 Å². The van der Waals surface area contributed by atoms with E-state index in [-0.39, 0.29) is 6.10 Å². The SMILES string of the molecule is CCC(C)C(O)CCC(O)(CC)CC. The van der Waals surface area contributed by atoms with Gasteiger partial charge in [0, 0.05) is 0 Å². The molecule has 0 radical (unpaired) electrons. The second-order valence-electron chi connectivity index (χ2n) is 4.42. The van der Waals surface area contributed by atoms with Gasteiger partial charge in [-0.15, -0.1) is 0 Å². The molecule has 2 atom stereocenters. The highest BCUT2D eigenvalue weighted by molar-refractivity contribution is 4.77. The molecule has 2 nitrogen and oxygen atoms in total. The van der Waals surface area contributed by atoms with Gasteiger partial charge in [-0.1, -0.05) is 34.1 Å². The lowest BCUT2D eigenvalue weighted by atomic mass is 9.87. The maximum atomic E-state index is 10.0. The summed E-state index contributed by atoms with van der Waals surface area (Å²) in [6, 6.07) is 0. The predicted molar refractivity (Wildman–Crippen MR) is 60.2 cm³/mol. The van der Waals surface area contributed by atoms with Gasteiger partial charge in [-0.3, -0.25) is 0 Å². The quantitative estimate of drug-likeness (QED) is 0.666. The Hall–Kier alpha value is -0.0800. The second kappa shape index (κ2) is 6.41. The smallest absolute Gasteiger partial charge is 0.0643 e. The summed E-state index contributed by atoms with van der Waals surface area (Å²) in [5.41, 5.74) is -0.561. The van der Waals surface area contributed by atoms with Crippen molar-refractivity contribution in [1.29, 1.82) is 0 Å². The van der Waals surface area contributed by atoms with Crippen LogP contribution >= 0.6 is 0 Å². The van der Waals surface area contributed by atoms with Gasteiger partial charge in [-0.05, 0) is 31.6 Å². The Bertz CT molecular complexity index is 141. The topological polar surface area (TPSA) is 40.5 Å². The minimum atomic E-state index is -0.561. The summed E-state index contributed by atoms with van der Waals surface area (Å²) in [7, 11) is 0. The fourth-order valence-corrected chi connectivity index (χ4v) is 1.58. The fraction of sp³-hybridized carbons (Fsp3) is 1.00. The summed E-state index contributed by atoms with van der Waals surface area (Å²) in [4.78, 5) is 0. The van der Waals surface area contributed by atoms with Gasteiger partial charge in [0.15, 0.2) is 0 Å². The summed E-state index contributed by atoms with van der Waals surface area (Å²) in [6.45, 7) is 8.14. The van der Waals surface area contributed by atoms with Crippen LogP contribution < -0.4 is 0 Å². The van der Waals surface area contributed by atoms with Crippen molar-refractivity contribution in [3.63, 3.8) is 0 Å². The third-order valence-electron chi connectivity index (χ3n) is 3.52. The second-order valence-corrected chi connectivity index (χ2v) is 4.42. The van der Waals surface area contributed by atoms with Crippen molar-refractivity contribution < 1.29 is 10.2 Å². The molecule has 0 aromatic carbocycles. The Kier molecular flexibility index (Phi) is 6.38. The molecule has 0 spiro atoms. The normalized spacial score (nSPS) is 16.7. The Morgan fingerprint density at radius 2 is 1.64 bits per heavy atom. The van der Waals surface area contributed by atoms with Crippen LogP contribution in [0, 0.1) is 5.92 Å². The molecule has 0 aromatic heterocycles. The first-order chi connectivity index (χ1) is 6.49. The predicted octanol–water partition coefficient (Wildman–Crippen LogP) is 2.72. The Labute approximate surface area is 88.3 Å². The molecule has 2 N–H and O–H groups in total. The molecule has 0 aliphatic heterocycles. The molecular formula is C12H26O2. The third-order valence-corrected chi connectivity index (χ3v) is 3.52. The van der Waals surface area contributed by atoms with Crippen LogP contribution in [-0.2, 0) is 0 Å². The average Bonchev–Trinajstić information content (AvgIpc) is 2.24. The number of rotatable bonds is 7. The number of hydrogen-bond donors (Lipinski definition) is 2. The molecular weight excluding hydrogens is 176 g/mol. The average molecular weight is 202 g/mol. The lowest BCUT2D eigenvalue weighted by Gasteiger charge is -2.27. The third kappa shape index (κ3) is 4.43. The fourth-order valence-electron chi connectivity index (χ4n) is 1.58. The monoisotopic (exact) mass is 202 g/mol. The standard InChI is InChI=1S/C12H26O2/c1-5-10(4)11(13)8-9-12(14,6-2)7-3/h10-11,13-14H,5-9H2,1-4H3. The van der Waals surface area contributed by atoms with E-state index in [2.05, 4.69) is 13.8 Å². The first kappa shape index (κ1) is 13.9. The molecule has 0 heterocycles. The molecule has 0 aliphatic rings. The van der Waals surface area contributed by atoms with E-state index in [1.54, 1.807) is 0 Å². The van der Waals surface area contributed by atoms with Crippen molar-refractivity contribution in [3.05, 3.63) is 0 Å². The van der Waals surface area contributed by atoms with Gasteiger partial charge >= 0.3 is 0 Å². The van der Waals surface area contributed by atoms with Crippen LogP contribution in [0.4, 0.5) is 0 Å². The maximum Gasteiger partial charge on any atom is 0.0643 e. The van der Waals surface area contributed by atoms with Gasteiger partial charge in [0.1, 0.15) is 0 Å². The zero-order chi connectivity index (χ0) is 11.2. The van der Waals surface area contributed by atoms with E-state index in [9.17, 15) is 10.2 Å². The van der Waals surface area contributed by atoms with Crippen LogP contribution in [0.5, 0.6) is 0 Å². The van der Waals surface area contributed by atoms with E-state index in [1.807, 2.05) is 13.8 Å². The van der Waals surface area contributed by atoms with E-state index >= 15 is 0 Å². The lowest BCUT2D eigenvalue weighted by Crippen LogP contribution is -2.29. The van der Waals surface area contributed by atoms with Gasteiger partial charge in [-0.2, -0.15) is 0 Å². The highest BCUT2D eigenvalue weighted by Gasteiger charge is 2.24. The van der Waals surface area contributed by atoms with Crippen LogP contribution in [0.2, 0.25) is 0 Å². The highest BCUT2D eigenvalue weighted by atomic mass is 16.3. The van der Waals surface area contributed by atoms with E-state index in [0.29, 0.717) is 18.8 Å². The molecule has 0 amide bonds. The first-order valence-electron chi connectivity index (χ1n) is 5.89. The van der Waals surface area contributed by atoms with Crippen LogP contribution in [0.15, 0.2) is 0 Å². The van der Waals surface area contributed by atoms with E-state index in [0.717, 1.165) is 19.3 Å². The van der Waals surface area contributed by atoms with Crippen LogP contribution in [-0.4, -0.2) is 21.9 Å². The van der Waals surface area contributed by atoms with Gasteiger partial charge in [0.05, 0.1) is 11.7 Å². The van der Waals surface area contributed by atoms with E-state index < -0.39 is 5.60 Å².